The maximum absolute atomic E-state index is 13.5. The second kappa shape index (κ2) is 10.8. The number of rotatable bonds is 7. The summed E-state index contributed by atoms with van der Waals surface area (Å²) in [6.07, 6.45) is 2.68. The largest absolute Gasteiger partial charge is 0.341 e. The van der Waals surface area contributed by atoms with E-state index >= 15 is 0 Å². The van der Waals surface area contributed by atoms with Crippen molar-refractivity contribution in [2.24, 2.45) is 0 Å². The Balaban J connectivity index is 1.30. The van der Waals surface area contributed by atoms with Crippen molar-refractivity contribution in [2.75, 3.05) is 26.7 Å². The topological polar surface area (TPSA) is 150 Å². The number of nitrogens with one attached hydrogen (secondary N) is 1. The van der Waals surface area contributed by atoms with Crippen molar-refractivity contribution in [3.8, 4) is 11.2 Å². The van der Waals surface area contributed by atoms with E-state index in [4.69, 9.17) is 0 Å². The molecule has 1 saturated carbocycles. The summed E-state index contributed by atoms with van der Waals surface area (Å²) >= 11 is 0.697. The lowest BCUT2D eigenvalue weighted by atomic mass is 9.90. The average Bonchev–Trinajstić information content (AvgIpc) is 3.33. The molecule has 4 aromatic rings. The van der Waals surface area contributed by atoms with E-state index < -0.39 is 27.0 Å². The molecule has 0 unspecified atom stereocenters. The number of benzene rings is 1. The van der Waals surface area contributed by atoms with Crippen molar-refractivity contribution in [1.82, 2.24) is 39.3 Å². The number of aromatic nitrogens is 5. The summed E-state index contributed by atoms with van der Waals surface area (Å²) in [7, 11) is -2.09. The summed E-state index contributed by atoms with van der Waals surface area (Å²) in [5, 5.41) is 18.0. The predicted molar refractivity (Wildman–Crippen MR) is 157 cm³/mol. The molecule has 0 spiro atoms. The Hall–Kier alpha value is -3.65. The maximum atomic E-state index is 13.5. The lowest BCUT2D eigenvalue weighted by Gasteiger charge is -2.34. The van der Waals surface area contributed by atoms with Crippen LogP contribution in [0.2, 0.25) is 0 Å². The van der Waals surface area contributed by atoms with Crippen LogP contribution in [0.25, 0.3) is 27.1 Å². The number of likely N-dealkylation sites (N-methyl/N-ethyl adjacent to an activating group) is 1. The van der Waals surface area contributed by atoms with E-state index in [9.17, 15) is 27.3 Å². The first-order chi connectivity index (χ1) is 21.1. The molecule has 2 aliphatic heterocycles. The molecule has 3 aromatic heterocycles. The van der Waals surface area contributed by atoms with E-state index in [1.54, 1.807) is 10.6 Å². The molecule has 2 saturated heterocycles. The summed E-state index contributed by atoms with van der Waals surface area (Å²) < 4.78 is 57.7. The van der Waals surface area contributed by atoms with Gasteiger partial charge in [-0.05, 0) is 64.3 Å². The smallest absolute Gasteiger partial charge is 0.291 e. The maximum Gasteiger partial charge on any atom is 0.291 e. The van der Waals surface area contributed by atoms with Crippen LogP contribution in [0, 0.1) is 11.3 Å². The van der Waals surface area contributed by atoms with Gasteiger partial charge in [0.15, 0.2) is 10.7 Å². The molecule has 1 N–H and O–H groups in total. The van der Waals surface area contributed by atoms with Crippen molar-refractivity contribution in [3.05, 3.63) is 35.2 Å². The monoisotopic (exact) mass is 641 g/mol. The van der Waals surface area contributed by atoms with Gasteiger partial charge in [0, 0.05) is 29.8 Å². The number of sulfonamides is 1. The summed E-state index contributed by atoms with van der Waals surface area (Å²) in [5.74, 6) is 0.150. The van der Waals surface area contributed by atoms with Crippen molar-refractivity contribution in [3.63, 3.8) is 0 Å². The summed E-state index contributed by atoms with van der Waals surface area (Å²) in [4.78, 5) is 26.3. The Morgan fingerprint density at radius 2 is 1.93 bits per heavy atom. The number of alkyl halides is 2. The number of hydrogen-bond acceptors (Lipinski definition) is 10. The first kappa shape index (κ1) is 29.1. The van der Waals surface area contributed by atoms with Crippen molar-refractivity contribution in [2.45, 2.75) is 67.3 Å². The number of fused-ring (bicyclic) bond motifs is 3. The van der Waals surface area contributed by atoms with E-state index in [0.717, 1.165) is 25.1 Å². The fraction of sp³-hybridized carbons (Fsp3) is 0.500. The van der Waals surface area contributed by atoms with E-state index in [-0.39, 0.29) is 27.9 Å². The second-order valence-corrected chi connectivity index (χ2v) is 14.4. The van der Waals surface area contributed by atoms with Gasteiger partial charge in [-0.3, -0.25) is 14.3 Å². The highest BCUT2D eigenvalue weighted by Gasteiger charge is 2.47. The van der Waals surface area contributed by atoms with Gasteiger partial charge in [0.05, 0.1) is 28.2 Å². The predicted octanol–water partition coefficient (Wildman–Crippen LogP) is 3.50. The van der Waals surface area contributed by atoms with Gasteiger partial charge >= 0.3 is 0 Å². The highest BCUT2D eigenvalue weighted by Crippen LogP contribution is 2.41. The molecule has 0 bridgehead atoms. The number of piperidine rings is 1. The number of carbonyl (C=O) groups excluding carboxylic acids is 1. The number of nitriles is 1. The number of hydrogen-bond donors (Lipinski definition) is 1. The van der Waals surface area contributed by atoms with E-state index in [1.807, 2.05) is 18.0 Å². The molecular formula is C28H29F2N9O3S2. The van der Waals surface area contributed by atoms with Crippen LogP contribution in [0.15, 0.2) is 29.4 Å². The Kier molecular flexibility index (Phi) is 7.11. The Morgan fingerprint density at radius 1 is 1.16 bits per heavy atom. The third kappa shape index (κ3) is 4.91. The van der Waals surface area contributed by atoms with Crippen LogP contribution in [-0.2, 0) is 14.8 Å². The molecule has 3 fully saturated rings. The number of likely N-dealkylation sites (tertiary alicyclic amines) is 2. The van der Waals surface area contributed by atoms with Gasteiger partial charge in [0.25, 0.3) is 6.43 Å². The summed E-state index contributed by atoms with van der Waals surface area (Å²) in [5.41, 5.74) is 0.414. The van der Waals surface area contributed by atoms with E-state index in [2.05, 4.69) is 29.8 Å². The number of amides is 1. The Labute approximate surface area is 255 Å². The first-order valence-electron chi connectivity index (χ1n) is 14.5. The fourth-order valence-corrected chi connectivity index (χ4v) is 8.51. The van der Waals surface area contributed by atoms with Gasteiger partial charge < -0.3 is 4.90 Å². The first-order valence-corrected chi connectivity index (χ1v) is 16.8. The van der Waals surface area contributed by atoms with Crippen molar-refractivity contribution in [1.29, 1.82) is 5.26 Å². The van der Waals surface area contributed by atoms with Crippen LogP contribution in [-0.4, -0.2) is 87.1 Å². The molecule has 5 heterocycles. The molecule has 44 heavy (non-hydrogen) atoms. The van der Waals surface area contributed by atoms with Crippen LogP contribution < -0.4 is 4.72 Å². The molecule has 1 amide bonds. The van der Waals surface area contributed by atoms with Crippen LogP contribution >= 0.6 is 11.3 Å². The molecule has 16 heteroatoms. The minimum absolute atomic E-state index is 0.00798. The molecule has 3 aliphatic rings. The summed E-state index contributed by atoms with van der Waals surface area (Å²) in [6, 6.07) is 6.51. The fourth-order valence-electron chi connectivity index (χ4n) is 6.40. The van der Waals surface area contributed by atoms with Gasteiger partial charge in [-0.15, -0.1) is 10.2 Å². The lowest BCUT2D eigenvalue weighted by molar-refractivity contribution is -0.136. The van der Waals surface area contributed by atoms with Crippen LogP contribution in [0.5, 0.6) is 0 Å². The number of nitrogens with zero attached hydrogens (tertiary/aromatic N) is 8. The highest BCUT2D eigenvalue weighted by molar-refractivity contribution is 7.89. The molecule has 12 nitrogen and oxygen atoms in total. The zero-order chi connectivity index (χ0) is 30.8. The SMILES string of the molecule is CN1CCC[C@@H]1C(=O)N1CCC(c2ncnc3c2c2ccc(S(=O)(=O)NC4(C#N)CC4)cc2n3-c2nnc(C(F)F)s2)CC1. The molecule has 0 radical (unpaired) electrons. The lowest BCUT2D eigenvalue weighted by Crippen LogP contribution is -2.47. The third-order valence-corrected chi connectivity index (χ3v) is 11.4. The zero-order valence-corrected chi connectivity index (χ0v) is 25.4. The molecule has 1 aliphatic carbocycles. The molecule has 1 atom stereocenters. The van der Waals surface area contributed by atoms with Crippen molar-refractivity contribution >= 4 is 49.2 Å². The normalized spacial score (nSPS) is 21.0. The van der Waals surface area contributed by atoms with Crippen LogP contribution in [0.3, 0.4) is 0 Å². The number of halogens is 2. The quantitative estimate of drug-likeness (QED) is 0.320. The molecule has 230 valence electrons. The minimum atomic E-state index is -4.08. The van der Waals surface area contributed by atoms with Gasteiger partial charge in [-0.1, -0.05) is 17.4 Å². The van der Waals surface area contributed by atoms with Gasteiger partial charge in [0.2, 0.25) is 21.1 Å². The standard InChI is InChI=1S/C28H29F2N9O3S2/c1-37-10-2-3-19(37)26(40)38-11-6-16(7-12-38)22-21-18-5-4-17(44(41,42)36-28(14-31)8-9-28)13-20(18)39(24(21)33-15-32-22)27-35-34-25(43-27)23(29)30/h4-5,13,15-16,19,23,36H,2-3,6-12H2,1H3/t19-/m1/s1. The Bertz CT molecular complexity index is 1930. The van der Waals surface area contributed by atoms with Crippen LogP contribution in [0.1, 0.15) is 61.6 Å². The molecular weight excluding hydrogens is 612 g/mol. The highest BCUT2D eigenvalue weighted by atomic mass is 32.2. The average molecular weight is 642 g/mol. The summed E-state index contributed by atoms with van der Waals surface area (Å²) in [6.45, 7) is 2.09. The van der Waals surface area contributed by atoms with E-state index in [1.165, 1.54) is 18.5 Å². The second-order valence-electron chi connectivity index (χ2n) is 11.7. The van der Waals surface area contributed by atoms with Gasteiger partial charge in [-0.25, -0.2) is 27.2 Å². The third-order valence-electron chi connectivity index (χ3n) is 8.96. The van der Waals surface area contributed by atoms with Crippen LogP contribution in [0.4, 0.5) is 8.78 Å². The van der Waals surface area contributed by atoms with Crippen molar-refractivity contribution < 1.29 is 22.0 Å². The Morgan fingerprint density at radius 3 is 2.57 bits per heavy atom. The minimum Gasteiger partial charge on any atom is -0.341 e. The molecule has 1 aromatic carbocycles. The van der Waals surface area contributed by atoms with Gasteiger partial charge in [-0.2, -0.15) is 9.98 Å². The molecule has 7 rings (SSSR count). The number of carbonyl (C=O) groups is 1. The zero-order valence-electron chi connectivity index (χ0n) is 23.8. The van der Waals surface area contributed by atoms with Gasteiger partial charge in [0.1, 0.15) is 11.9 Å². The van der Waals surface area contributed by atoms with E-state index in [0.29, 0.717) is 72.0 Å².